The number of aliphatic carboxylic acids is 1. The third-order valence-electron chi connectivity index (χ3n) is 4.08. The van der Waals surface area contributed by atoms with E-state index in [0.717, 1.165) is 11.1 Å². The van der Waals surface area contributed by atoms with Crippen molar-refractivity contribution in [2.45, 2.75) is 26.1 Å². The van der Waals surface area contributed by atoms with E-state index in [1.54, 1.807) is 36.4 Å². The summed E-state index contributed by atoms with van der Waals surface area (Å²) in [5.41, 5.74) is 0.842. The summed E-state index contributed by atoms with van der Waals surface area (Å²) in [6, 6.07) is 13.0. The van der Waals surface area contributed by atoms with Gasteiger partial charge in [-0.15, -0.1) is 0 Å². The molecule has 0 radical (unpaired) electrons. The predicted molar refractivity (Wildman–Crippen MR) is 91.7 cm³/mol. The molecule has 2 atom stereocenters. The predicted octanol–water partition coefficient (Wildman–Crippen LogP) is 5.26. The quantitative estimate of drug-likeness (QED) is 0.723. The molecule has 0 aliphatic rings. The van der Waals surface area contributed by atoms with Gasteiger partial charge in [-0.2, -0.15) is 4.91 Å². The van der Waals surface area contributed by atoms with Gasteiger partial charge in [0.2, 0.25) is 6.17 Å². The van der Waals surface area contributed by atoms with Gasteiger partial charge in [0.25, 0.3) is 0 Å². The lowest BCUT2D eigenvalue weighted by Gasteiger charge is -2.30. The molecule has 126 valence electrons. The Bertz CT molecular complexity index is 729. The van der Waals surface area contributed by atoms with E-state index in [4.69, 9.17) is 16.7 Å². The molecular formula is C18H17ClFNO3. The fourth-order valence-electron chi connectivity index (χ4n) is 2.58. The Labute approximate surface area is 144 Å². The van der Waals surface area contributed by atoms with Crippen LogP contribution in [-0.2, 0) is 4.79 Å². The van der Waals surface area contributed by atoms with Crippen LogP contribution >= 0.6 is 11.6 Å². The summed E-state index contributed by atoms with van der Waals surface area (Å²) in [7, 11) is 0. The molecule has 0 aliphatic carbocycles. The van der Waals surface area contributed by atoms with Crippen LogP contribution in [0.3, 0.4) is 0 Å². The third kappa shape index (κ3) is 3.62. The SMILES string of the molecule is CC(C)(C(F)C(=O)O)C(N=O)c1ccc(-c2ccc(Cl)cc2)cc1. The first-order chi connectivity index (χ1) is 11.3. The Morgan fingerprint density at radius 3 is 1.96 bits per heavy atom. The molecule has 2 aromatic carbocycles. The third-order valence-corrected chi connectivity index (χ3v) is 4.34. The van der Waals surface area contributed by atoms with Crippen molar-refractivity contribution in [3.63, 3.8) is 0 Å². The standard InChI is InChI=1S/C18H17ClFNO3/c1-18(2,15(20)17(22)23)16(21-24)13-5-3-11(4-6-13)12-7-9-14(19)10-8-12/h3-10,15-16H,1-2H3,(H,22,23). The van der Waals surface area contributed by atoms with Gasteiger partial charge in [0.1, 0.15) is 6.04 Å². The van der Waals surface area contributed by atoms with Crippen molar-refractivity contribution in [1.82, 2.24) is 0 Å². The van der Waals surface area contributed by atoms with Gasteiger partial charge < -0.3 is 5.11 Å². The van der Waals surface area contributed by atoms with E-state index < -0.39 is 23.6 Å². The van der Waals surface area contributed by atoms with Gasteiger partial charge in [-0.05, 0) is 28.8 Å². The highest BCUT2D eigenvalue weighted by Gasteiger charge is 2.44. The number of benzene rings is 2. The second kappa shape index (κ2) is 7.09. The van der Waals surface area contributed by atoms with Crippen molar-refractivity contribution in [3.8, 4) is 11.1 Å². The molecule has 0 aliphatic heterocycles. The van der Waals surface area contributed by atoms with Crippen molar-refractivity contribution in [2.24, 2.45) is 10.6 Å². The van der Waals surface area contributed by atoms with Gasteiger partial charge in [0, 0.05) is 10.4 Å². The topological polar surface area (TPSA) is 66.7 Å². The van der Waals surface area contributed by atoms with Gasteiger partial charge in [0.05, 0.1) is 0 Å². The summed E-state index contributed by atoms with van der Waals surface area (Å²) in [6.07, 6.45) is -2.20. The molecule has 0 heterocycles. The largest absolute Gasteiger partial charge is 0.479 e. The van der Waals surface area contributed by atoms with Crippen molar-refractivity contribution >= 4 is 17.6 Å². The van der Waals surface area contributed by atoms with E-state index >= 15 is 0 Å². The van der Waals surface area contributed by atoms with Crippen molar-refractivity contribution in [3.05, 3.63) is 64.0 Å². The smallest absolute Gasteiger partial charge is 0.338 e. The first kappa shape index (κ1) is 18.1. The van der Waals surface area contributed by atoms with E-state index in [2.05, 4.69) is 5.18 Å². The molecule has 4 nitrogen and oxygen atoms in total. The fraction of sp³-hybridized carbons (Fsp3) is 0.278. The Hall–Kier alpha value is -2.27. The number of hydrogen-bond donors (Lipinski definition) is 1. The maximum Gasteiger partial charge on any atom is 0.338 e. The molecule has 0 fully saturated rings. The van der Waals surface area contributed by atoms with E-state index in [0.29, 0.717) is 10.6 Å². The van der Waals surface area contributed by atoms with Crippen LogP contribution in [0.5, 0.6) is 0 Å². The molecule has 0 spiro atoms. The molecular weight excluding hydrogens is 333 g/mol. The highest BCUT2D eigenvalue weighted by Crippen LogP contribution is 2.41. The van der Waals surface area contributed by atoms with Crippen LogP contribution in [0.25, 0.3) is 11.1 Å². The van der Waals surface area contributed by atoms with Crippen LogP contribution in [0.4, 0.5) is 4.39 Å². The molecule has 1 N–H and O–H groups in total. The van der Waals surface area contributed by atoms with Crippen LogP contribution in [0.15, 0.2) is 53.7 Å². The Morgan fingerprint density at radius 1 is 1.08 bits per heavy atom. The van der Waals surface area contributed by atoms with Crippen molar-refractivity contribution in [1.29, 1.82) is 0 Å². The maximum atomic E-state index is 14.0. The van der Waals surface area contributed by atoms with Crippen LogP contribution in [0.1, 0.15) is 25.5 Å². The summed E-state index contributed by atoms with van der Waals surface area (Å²) in [5, 5.41) is 12.5. The average molecular weight is 350 g/mol. The minimum absolute atomic E-state index is 0.469. The Balaban J connectivity index is 2.32. The molecule has 6 heteroatoms. The minimum Gasteiger partial charge on any atom is -0.479 e. The number of halogens is 2. The summed E-state index contributed by atoms with van der Waals surface area (Å²) in [4.78, 5) is 22.2. The first-order valence-electron chi connectivity index (χ1n) is 7.32. The monoisotopic (exact) mass is 349 g/mol. The fourth-order valence-corrected chi connectivity index (χ4v) is 2.71. The number of rotatable bonds is 6. The van der Waals surface area contributed by atoms with Crippen LogP contribution < -0.4 is 0 Å². The van der Waals surface area contributed by atoms with Crippen LogP contribution in [0, 0.1) is 10.3 Å². The Kier molecular flexibility index (Phi) is 5.34. The average Bonchev–Trinajstić information content (AvgIpc) is 2.56. The number of nitrogens with zero attached hydrogens (tertiary/aromatic N) is 1. The van der Waals surface area contributed by atoms with Gasteiger partial charge in [-0.25, -0.2) is 9.18 Å². The van der Waals surface area contributed by atoms with Crippen LogP contribution in [-0.4, -0.2) is 17.2 Å². The highest BCUT2D eigenvalue weighted by molar-refractivity contribution is 6.30. The van der Waals surface area contributed by atoms with Gasteiger partial charge in [0.15, 0.2) is 0 Å². The number of carbonyl (C=O) groups is 1. The number of hydrogen-bond acceptors (Lipinski definition) is 3. The van der Waals surface area contributed by atoms with Gasteiger partial charge in [-0.1, -0.05) is 67.0 Å². The van der Waals surface area contributed by atoms with E-state index in [-0.39, 0.29) is 0 Å². The summed E-state index contributed by atoms with van der Waals surface area (Å²) < 4.78 is 14.0. The molecule has 2 unspecified atom stereocenters. The zero-order chi connectivity index (χ0) is 17.9. The lowest BCUT2D eigenvalue weighted by atomic mass is 9.77. The number of alkyl halides is 1. The zero-order valence-electron chi connectivity index (χ0n) is 13.2. The summed E-state index contributed by atoms with van der Waals surface area (Å²) in [5.74, 6) is -1.61. The summed E-state index contributed by atoms with van der Waals surface area (Å²) >= 11 is 5.86. The zero-order valence-corrected chi connectivity index (χ0v) is 14.0. The van der Waals surface area contributed by atoms with Gasteiger partial charge in [-0.3, -0.25) is 0 Å². The van der Waals surface area contributed by atoms with E-state index in [9.17, 15) is 14.1 Å². The number of carboxylic acids is 1. The van der Waals surface area contributed by atoms with Crippen molar-refractivity contribution < 1.29 is 14.3 Å². The lowest BCUT2D eigenvalue weighted by Crippen LogP contribution is -2.37. The molecule has 0 saturated carbocycles. The lowest BCUT2D eigenvalue weighted by molar-refractivity contribution is -0.148. The Morgan fingerprint density at radius 2 is 1.54 bits per heavy atom. The molecule has 0 amide bonds. The number of nitroso groups, excluding NO2 is 1. The number of carboxylic acid groups (broad SMARTS) is 1. The van der Waals surface area contributed by atoms with Crippen molar-refractivity contribution in [2.75, 3.05) is 0 Å². The molecule has 0 aromatic heterocycles. The first-order valence-corrected chi connectivity index (χ1v) is 7.70. The van der Waals surface area contributed by atoms with Gasteiger partial charge >= 0.3 is 5.97 Å². The second-order valence-corrected chi connectivity index (χ2v) is 6.60. The molecule has 2 aromatic rings. The molecule has 2 rings (SSSR count). The molecule has 0 saturated heterocycles. The summed E-state index contributed by atoms with van der Waals surface area (Å²) in [6.45, 7) is 2.76. The molecule has 0 bridgehead atoms. The van der Waals surface area contributed by atoms with E-state index in [1.807, 2.05) is 12.1 Å². The highest BCUT2D eigenvalue weighted by atomic mass is 35.5. The second-order valence-electron chi connectivity index (χ2n) is 6.16. The normalized spacial score (nSPS) is 14.0. The van der Waals surface area contributed by atoms with E-state index in [1.165, 1.54) is 13.8 Å². The molecule has 24 heavy (non-hydrogen) atoms. The maximum absolute atomic E-state index is 14.0. The minimum atomic E-state index is -2.20. The van der Waals surface area contributed by atoms with Crippen LogP contribution in [0.2, 0.25) is 5.02 Å².